The number of amides is 3. The normalized spacial score (nSPS) is 19.3. The Balaban J connectivity index is 1.01. The maximum absolute atomic E-state index is 14.4. The average Bonchev–Trinajstić information content (AvgIpc) is 3.66. The molecule has 1 unspecified atom stereocenters. The summed E-state index contributed by atoms with van der Waals surface area (Å²) in [4.78, 5) is 32.7. The molecule has 1 aliphatic heterocycles. The van der Waals surface area contributed by atoms with Crippen LogP contribution in [0, 0.1) is 30.4 Å². The van der Waals surface area contributed by atoms with Crippen molar-refractivity contribution in [2.45, 2.75) is 38.8 Å². The Morgan fingerprint density at radius 3 is 2.56 bits per heavy atom. The highest BCUT2D eigenvalue weighted by Gasteiger charge is 2.43. The first-order valence-corrected chi connectivity index (χ1v) is 15.5. The van der Waals surface area contributed by atoms with Gasteiger partial charge in [-0.1, -0.05) is 41.9 Å². The van der Waals surface area contributed by atoms with Crippen molar-refractivity contribution in [2.24, 2.45) is 11.8 Å². The number of hydrogen-bond acceptors (Lipinski definition) is 3. The summed E-state index contributed by atoms with van der Waals surface area (Å²) in [5.74, 6) is -0.574. The molecule has 2 aromatic heterocycles. The minimum Gasteiger partial charge on any atom is -0.352 e. The second-order valence-corrected chi connectivity index (χ2v) is 12.6. The predicted molar refractivity (Wildman–Crippen MR) is 171 cm³/mol. The van der Waals surface area contributed by atoms with Crippen molar-refractivity contribution in [1.29, 1.82) is 0 Å². The van der Waals surface area contributed by atoms with E-state index in [1.165, 1.54) is 24.3 Å². The fraction of sp³-hybridized carbons (Fsp3) is 0.286. The van der Waals surface area contributed by atoms with Crippen LogP contribution < -0.4 is 10.6 Å². The number of rotatable bonds is 6. The molecular weight excluding hydrogens is 596 g/mol. The van der Waals surface area contributed by atoms with Crippen LogP contribution in [0.25, 0.3) is 21.8 Å². The first-order valence-electron chi connectivity index (χ1n) is 15.1. The molecule has 2 aliphatic rings. The van der Waals surface area contributed by atoms with Gasteiger partial charge in [-0.3, -0.25) is 9.78 Å². The number of carbonyl (C=O) groups excluding carboxylic acids is 2. The molecular formula is C35H32ClF2N5O2. The molecule has 5 aromatic rings. The Bertz CT molecular complexity index is 1950. The van der Waals surface area contributed by atoms with Crippen LogP contribution in [0.5, 0.6) is 0 Å². The highest BCUT2D eigenvalue weighted by atomic mass is 35.5. The van der Waals surface area contributed by atoms with Gasteiger partial charge < -0.3 is 20.1 Å². The van der Waals surface area contributed by atoms with Crippen LogP contribution >= 0.6 is 11.6 Å². The van der Waals surface area contributed by atoms with E-state index in [2.05, 4.69) is 10.6 Å². The molecule has 3 amide bonds. The van der Waals surface area contributed by atoms with Crippen molar-refractivity contribution in [1.82, 2.24) is 19.8 Å². The van der Waals surface area contributed by atoms with Crippen LogP contribution in [0.2, 0.25) is 5.02 Å². The molecule has 2 N–H and O–H groups in total. The number of halogens is 3. The Hall–Kier alpha value is -4.50. The van der Waals surface area contributed by atoms with Crippen LogP contribution in [0.1, 0.15) is 29.8 Å². The molecule has 0 radical (unpaired) electrons. The summed E-state index contributed by atoms with van der Waals surface area (Å²) in [5.41, 5.74) is 4.50. The van der Waals surface area contributed by atoms with Crippen LogP contribution in [0.4, 0.5) is 19.3 Å². The zero-order chi connectivity index (χ0) is 31.2. The zero-order valence-electron chi connectivity index (χ0n) is 24.7. The van der Waals surface area contributed by atoms with E-state index in [9.17, 15) is 18.4 Å². The third-order valence-corrected chi connectivity index (χ3v) is 9.62. The van der Waals surface area contributed by atoms with E-state index >= 15 is 0 Å². The Kier molecular flexibility index (Phi) is 7.65. The van der Waals surface area contributed by atoms with Crippen molar-refractivity contribution >= 4 is 51.0 Å². The summed E-state index contributed by atoms with van der Waals surface area (Å²) in [7, 11) is 0. The molecule has 0 spiro atoms. The number of nitrogens with one attached hydrogen (secondary N) is 2. The summed E-state index contributed by atoms with van der Waals surface area (Å²) in [6.45, 7) is 3.18. The molecule has 45 heavy (non-hydrogen) atoms. The molecule has 3 atom stereocenters. The summed E-state index contributed by atoms with van der Waals surface area (Å²) < 4.78 is 30.6. The Labute approximate surface area is 264 Å². The first-order chi connectivity index (χ1) is 21.7. The second-order valence-electron chi connectivity index (χ2n) is 12.2. The maximum atomic E-state index is 14.4. The van der Waals surface area contributed by atoms with Gasteiger partial charge in [0.05, 0.1) is 16.2 Å². The van der Waals surface area contributed by atoms with Gasteiger partial charge in [0.15, 0.2) is 5.82 Å². The summed E-state index contributed by atoms with van der Waals surface area (Å²) >= 11 is 5.84. The van der Waals surface area contributed by atoms with Crippen molar-refractivity contribution < 1.29 is 18.4 Å². The van der Waals surface area contributed by atoms with Gasteiger partial charge in [0, 0.05) is 53.2 Å². The molecule has 10 heteroatoms. The maximum Gasteiger partial charge on any atom is 0.321 e. The lowest BCUT2D eigenvalue weighted by molar-refractivity contribution is -0.122. The minimum atomic E-state index is -0.650. The van der Waals surface area contributed by atoms with Crippen molar-refractivity contribution in [3.05, 3.63) is 106 Å². The monoisotopic (exact) mass is 627 g/mol. The van der Waals surface area contributed by atoms with Gasteiger partial charge in [-0.05, 0) is 79.6 Å². The lowest BCUT2D eigenvalue weighted by atomic mass is 10.0. The van der Waals surface area contributed by atoms with Gasteiger partial charge >= 0.3 is 6.03 Å². The fourth-order valence-corrected chi connectivity index (χ4v) is 7.31. The fourth-order valence-electron chi connectivity index (χ4n) is 7.13. The summed E-state index contributed by atoms with van der Waals surface area (Å²) in [5, 5.41) is 7.63. The molecule has 0 bridgehead atoms. The third kappa shape index (κ3) is 5.73. The number of anilines is 1. The minimum absolute atomic E-state index is 0.00364. The lowest BCUT2D eigenvalue weighted by Gasteiger charge is -2.21. The van der Waals surface area contributed by atoms with E-state index in [4.69, 9.17) is 16.6 Å². The number of fused-ring (bicyclic) bond motifs is 3. The number of aromatic nitrogens is 2. The van der Waals surface area contributed by atoms with Crippen LogP contribution in [0.15, 0.2) is 72.8 Å². The molecule has 7 nitrogen and oxygen atoms in total. The van der Waals surface area contributed by atoms with E-state index < -0.39 is 5.82 Å². The van der Waals surface area contributed by atoms with Gasteiger partial charge in [-0.15, -0.1) is 0 Å². The van der Waals surface area contributed by atoms with Crippen LogP contribution in [-0.4, -0.2) is 45.5 Å². The molecule has 3 heterocycles. The second kappa shape index (κ2) is 11.8. The van der Waals surface area contributed by atoms with Crippen LogP contribution in [0.3, 0.4) is 0 Å². The number of urea groups is 1. The number of likely N-dealkylation sites (tertiary alicyclic amines) is 1. The lowest BCUT2D eigenvalue weighted by Crippen LogP contribution is -2.38. The van der Waals surface area contributed by atoms with Gasteiger partial charge in [-0.2, -0.15) is 0 Å². The number of carbonyl (C=O) groups is 2. The zero-order valence-corrected chi connectivity index (χ0v) is 25.5. The van der Waals surface area contributed by atoms with Gasteiger partial charge in [0.1, 0.15) is 12.4 Å². The predicted octanol–water partition coefficient (Wildman–Crippen LogP) is 7.08. The van der Waals surface area contributed by atoms with E-state index in [-0.39, 0.29) is 52.9 Å². The van der Waals surface area contributed by atoms with Crippen molar-refractivity contribution in [2.75, 3.05) is 18.4 Å². The highest BCUT2D eigenvalue weighted by Crippen LogP contribution is 2.38. The highest BCUT2D eigenvalue weighted by molar-refractivity contribution is 6.31. The number of benzene rings is 3. The number of hydrogen-bond donors (Lipinski definition) is 2. The SMILES string of the molecule is Cc1c(Cc2ccc3ccccc3n2)c2cc(F)ccc2n1CC(=O)NC1C[C@@H]2CN(C(=O)Nc3cccc(Cl)c3F)C[C@@H]2C1. The first kappa shape index (κ1) is 29.2. The van der Waals surface area contributed by atoms with E-state index in [1.54, 1.807) is 17.0 Å². The number of para-hydroxylation sites is 1. The molecule has 2 fully saturated rings. The Morgan fingerprint density at radius 1 is 0.978 bits per heavy atom. The Morgan fingerprint density at radius 2 is 1.76 bits per heavy atom. The van der Waals surface area contributed by atoms with Gasteiger partial charge in [-0.25, -0.2) is 13.6 Å². The molecule has 230 valence electrons. The summed E-state index contributed by atoms with van der Waals surface area (Å²) in [6, 6.07) is 20.8. The van der Waals surface area contributed by atoms with Crippen LogP contribution in [-0.2, 0) is 17.8 Å². The summed E-state index contributed by atoms with van der Waals surface area (Å²) in [6.07, 6.45) is 2.05. The standard InChI is InChI=1S/C35H32ClF2N5O2/c1-20-27(16-25-11-9-21-5-2-3-7-30(21)39-25)28-15-24(37)10-12-32(28)43(20)19-33(44)40-26-13-22-17-42(18-23(22)14-26)35(45)41-31-8-4-6-29(36)34(31)38/h2-12,15,22-23,26H,13-14,16-19H2,1H3,(H,40,44)(H,41,45)/t22-,23+,26?. The average molecular weight is 628 g/mol. The quantitative estimate of drug-likeness (QED) is 0.211. The topological polar surface area (TPSA) is 79.3 Å². The van der Waals surface area contributed by atoms with E-state index in [0.29, 0.717) is 19.5 Å². The van der Waals surface area contributed by atoms with Gasteiger partial charge in [0.2, 0.25) is 5.91 Å². The van der Waals surface area contributed by atoms with E-state index in [0.717, 1.165) is 51.6 Å². The number of nitrogens with zero attached hydrogens (tertiary/aromatic N) is 3. The van der Waals surface area contributed by atoms with E-state index in [1.807, 2.05) is 47.9 Å². The van der Waals surface area contributed by atoms with Crippen molar-refractivity contribution in [3.8, 4) is 0 Å². The third-order valence-electron chi connectivity index (χ3n) is 9.33. The molecule has 1 saturated heterocycles. The smallest absolute Gasteiger partial charge is 0.321 e. The molecule has 3 aromatic carbocycles. The molecule has 1 aliphatic carbocycles. The molecule has 1 saturated carbocycles. The number of pyridine rings is 1. The van der Waals surface area contributed by atoms with Gasteiger partial charge in [0.25, 0.3) is 0 Å². The molecule has 7 rings (SSSR count). The largest absolute Gasteiger partial charge is 0.352 e. The van der Waals surface area contributed by atoms with Crippen molar-refractivity contribution in [3.63, 3.8) is 0 Å².